The Kier molecular flexibility index (Phi) is 49.8. The van der Waals surface area contributed by atoms with Gasteiger partial charge in [0, 0.05) is 19.3 Å². The van der Waals surface area contributed by atoms with Gasteiger partial charge < -0.3 is 14.2 Å². The molecule has 0 amide bonds. The van der Waals surface area contributed by atoms with E-state index in [1.165, 1.54) is 154 Å². The highest BCUT2D eigenvalue weighted by Gasteiger charge is 2.19. The van der Waals surface area contributed by atoms with E-state index in [2.05, 4.69) is 69.4 Å². The quantitative estimate of drug-likeness (QED) is 0.0199. The number of rotatable bonds is 49. The van der Waals surface area contributed by atoms with Gasteiger partial charge in [-0.15, -0.1) is 0 Å². The van der Waals surface area contributed by atoms with E-state index in [4.69, 9.17) is 14.2 Å². The maximum atomic E-state index is 12.8. The predicted molar refractivity (Wildman–Crippen MR) is 270 cm³/mol. The van der Waals surface area contributed by atoms with Gasteiger partial charge in [0.05, 0.1) is 0 Å². The van der Waals surface area contributed by atoms with Gasteiger partial charge in [-0.3, -0.25) is 14.4 Å². The molecule has 366 valence electrons. The van der Waals surface area contributed by atoms with Crippen molar-refractivity contribution in [3.8, 4) is 0 Å². The minimum atomic E-state index is -0.785. The Hall–Kier alpha value is -2.63. The first kappa shape index (κ1) is 60.4. The van der Waals surface area contributed by atoms with Crippen molar-refractivity contribution in [2.45, 2.75) is 284 Å². The average Bonchev–Trinajstić information content (AvgIpc) is 3.28. The number of hydrogen-bond acceptors (Lipinski definition) is 6. The molecule has 0 saturated carbocycles. The van der Waals surface area contributed by atoms with Crippen LogP contribution < -0.4 is 0 Å². The molecular formula is C57H102O6. The van der Waals surface area contributed by atoms with Crippen LogP contribution in [0.1, 0.15) is 278 Å². The summed E-state index contributed by atoms with van der Waals surface area (Å²) in [6.45, 7) is 6.59. The summed E-state index contributed by atoms with van der Waals surface area (Å²) in [5.41, 5.74) is 0. The van der Waals surface area contributed by atoms with Crippen LogP contribution in [-0.4, -0.2) is 37.2 Å². The summed E-state index contributed by atoms with van der Waals surface area (Å²) in [5.74, 6) is -0.908. The largest absolute Gasteiger partial charge is 0.462 e. The van der Waals surface area contributed by atoms with Crippen molar-refractivity contribution in [3.05, 3.63) is 48.6 Å². The van der Waals surface area contributed by atoms with Crippen molar-refractivity contribution in [3.63, 3.8) is 0 Å². The molecular weight excluding hydrogens is 781 g/mol. The Bertz CT molecular complexity index is 1110. The van der Waals surface area contributed by atoms with E-state index in [-0.39, 0.29) is 31.1 Å². The third-order valence-electron chi connectivity index (χ3n) is 11.8. The normalized spacial score (nSPS) is 12.4. The molecule has 0 radical (unpaired) electrons. The molecule has 0 aliphatic heterocycles. The molecule has 0 aromatic rings. The van der Waals surface area contributed by atoms with Gasteiger partial charge in [0.25, 0.3) is 0 Å². The highest BCUT2D eigenvalue weighted by atomic mass is 16.6. The second-order valence-corrected chi connectivity index (χ2v) is 18.2. The van der Waals surface area contributed by atoms with Gasteiger partial charge in [-0.25, -0.2) is 0 Å². The Morgan fingerprint density at radius 3 is 0.937 bits per heavy atom. The monoisotopic (exact) mass is 883 g/mol. The number of carbonyl (C=O) groups is 3. The highest BCUT2D eigenvalue weighted by Crippen LogP contribution is 2.15. The topological polar surface area (TPSA) is 78.9 Å². The molecule has 0 fully saturated rings. The number of allylic oxidation sites excluding steroid dienone is 8. The van der Waals surface area contributed by atoms with Gasteiger partial charge in [0.2, 0.25) is 0 Å². The summed E-state index contributed by atoms with van der Waals surface area (Å²) in [4.78, 5) is 38.0. The first-order valence-electron chi connectivity index (χ1n) is 27.2. The van der Waals surface area contributed by atoms with Gasteiger partial charge in [-0.1, -0.05) is 211 Å². The van der Waals surface area contributed by atoms with Gasteiger partial charge in [0.1, 0.15) is 13.2 Å². The first-order valence-corrected chi connectivity index (χ1v) is 27.2. The second-order valence-electron chi connectivity index (χ2n) is 18.2. The summed E-state index contributed by atoms with van der Waals surface area (Å²) in [5, 5.41) is 0. The zero-order valence-corrected chi connectivity index (χ0v) is 41.8. The fourth-order valence-corrected chi connectivity index (χ4v) is 7.66. The number of hydrogen-bond donors (Lipinski definition) is 0. The van der Waals surface area contributed by atoms with Crippen LogP contribution in [0.25, 0.3) is 0 Å². The predicted octanol–water partition coefficient (Wildman–Crippen LogP) is 17.9. The Morgan fingerprint density at radius 2 is 0.571 bits per heavy atom. The standard InChI is InChI=1S/C57H102O6/c1-4-7-10-13-16-19-22-25-27-28-30-32-35-38-41-44-47-50-56(59)62-53-54(52-61-55(58)49-46-43-40-37-34-31-24-21-18-15-12-9-6-3)63-57(60)51-48-45-42-39-36-33-29-26-23-20-17-14-11-8-5-2/h17,20,23,25-27,31,34,54H,4-16,18-19,21-22,24,28-30,32-33,35-53H2,1-3H3/b20-17-,26-23-,27-25-,34-31-. The molecule has 0 aliphatic rings. The van der Waals surface area contributed by atoms with E-state index in [0.717, 1.165) is 83.5 Å². The lowest BCUT2D eigenvalue weighted by atomic mass is 10.1. The van der Waals surface area contributed by atoms with Crippen LogP contribution in [0.15, 0.2) is 48.6 Å². The summed E-state index contributed by atoms with van der Waals surface area (Å²) in [7, 11) is 0. The zero-order valence-electron chi connectivity index (χ0n) is 41.8. The molecule has 0 heterocycles. The molecule has 0 rings (SSSR count). The van der Waals surface area contributed by atoms with Gasteiger partial charge in [0.15, 0.2) is 6.10 Å². The van der Waals surface area contributed by atoms with Gasteiger partial charge >= 0.3 is 17.9 Å². The Labute approximate surface area is 390 Å². The third-order valence-corrected chi connectivity index (χ3v) is 11.8. The molecule has 6 heteroatoms. The van der Waals surface area contributed by atoms with E-state index >= 15 is 0 Å². The van der Waals surface area contributed by atoms with Crippen LogP contribution in [0.4, 0.5) is 0 Å². The van der Waals surface area contributed by atoms with Crippen molar-refractivity contribution >= 4 is 17.9 Å². The summed E-state index contributed by atoms with van der Waals surface area (Å²) >= 11 is 0. The Balaban J connectivity index is 4.40. The van der Waals surface area contributed by atoms with Crippen LogP contribution in [0.5, 0.6) is 0 Å². The molecule has 0 N–H and O–H groups in total. The average molecular weight is 883 g/mol. The van der Waals surface area contributed by atoms with Crippen molar-refractivity contribution in [2.75, 3.05) is 13.2 Å². The number of unbranched alkanes of at least 4 members (excludes halogenated alkanes) is 31. The van der Waals surface area contributed by atoms with Crippen molar-refractivity contribution in [2.24, 2.45) is 0 Å². The summed E-state index contributed by atoms with van der Waals surface area (Å²) in [6.07, 6.45) is 62.3. The van der Waals surface area contributed by atoms with Crippen LogP contribution in [-0.2, 0) is 28.6 Å². The zero-order chi connectivity index (χ0) is 45.8. The molecule has 0 saturated heterocycles. The van der Waals surface area contributed by atoms with Crippen molar-refractivity contribution < 1.29 is 28.6 Å². The van der Waals surface area contributed by atoms with E-state index in [0.29, 0.717) is 19.3 Å². The molecule has 0 bridgehead atoms. The smallest absolute Gasteiger partial charge is 0.306 e. The van der Waals surface area contributed by atoms with Crippen LogP contribution >= 0.6 is 0 Å². The fourth-order valence-electron chi connectivity index (χ4n) is 7.66. The lowest BCUT2D eigenvalue weighted by Gasteiger charge is -2.18. The summed E-state index contributed by atoms with van der Waals surface area (Å²) in [6, 6.07) is 0. The minimum Gasteiger partial charge on any atom is -0.462 e. The Morgan fingerprint density at radius 1 is 0.317 bits per heavy atom. The van der Waals surface area contributed by atoms with E-state index in [9.17, 15) is 14.4 Å². The van der Waals surface area contributed by atoms with Crippen molar-refractivity contribution in [1.82, 2.24) is 0 Å². The molecule has 0 spiro atoms. The van der Waals surface area contributed by atoms with Crippen LogP contribution in [0.3, 0.4) is 0 Å². The highest BCUT2D eigenvalue weighted by molar-refractivity contribution is 5.71. The van der Waals surface area contributed by atoms with Gasteiger partial charge in [-0.2, -0.15) is 0 Å². The van der Waals surface area contributed by atoms with Crippen molar-refractivity contribution in [1.29, 1.82) is 0 Å². The van der Waals surface area contributed by atoms with Crippen LogP contribution in [0, 0.1) is 0 Å². The molecule has 0 aliphatic carbocycles. The minimum absolute atomic E-state index is 0.0839. The second kappa shape index (κ2) is 52.0. The van der Waals surface area contributed by atoms with Crippen LogP contribution in [0.2, 0.25) is 0 Å². The molecule has 0 aromatic carbocycles. The number of esters is 3. The fraction of sp³-hybridized carbons (Fsp3) is 0.807. The molecule has 0 aromatic heterocycles. The summed E-state index contributed by atoms with van der Waals surface area (Å²) < 4.78 is 16.8. The molecule has 63 heavy (non-hydrogen) atoms. The molecule has 6 nitrogen and oxygen atoms in total. The molecule has 1 unspecified atom stereocenters. The maximum Gasteiger partial charge on any atom is 0.306 e. The lowest BCUT2D eigenvalue weighted by Crippen LogP contribution is -2.30. The SMILES string of the molecule is CCCCC/C=C\C=C/CCCCCCCCC(=O)OC(COC(=O)CCCCC/C=C\CCCCCCCC)COC(=O)CCCCCCCCC/C=C\CCCCCCCC. The van der Waals surface area contributed by atoms with E-state index in [1.54, 1.807) is 0 Å². The lowest BCUT2D eigenvalue weighted by molar-refractivity contribution is -0.167. The number of carbonyl (C=O) groups excluding carboxylic acids is 3. The maximum absolute atomic E-state index is 12.8. The van der Waals surface area contributed by atoms with E-state index < -0.39 is 6.10 Å². The van der Waals surface area contributed by atoms with E-state index in [1.807, 2.05) is 0 Å². The molecule has 1 atom stereocenters. The van der Waals surface area contributed by atoms with Gasteiger partial charge in [-0.05, 0) is 96.3 Å². The first-order chi connectivity index (χ1) is 31.0. The third kappa shape index (κ3) is 50.2. The number of ether oxygens (including phenoxy) is 3.